The molecule has 0 saturated carbocycles. The zero-order valence-corrected chi connectivity index (χ0v) is 10.7. The van der Waals surface area contributed by atoms with E-state index < -0.39 is 0 Å². The van der Waals surface area contributed by atoms with E-state index in [0.717, 1.165) is 23.7 Å². The van der Waals surface area contributed by atoms with Gasteiger partial charge in [-0.25, -0.2) is 0 Å². The summed E-state index contributed by atoms with van der Waals surface area (Å²) in [5, 5.41) is 4.15. The van der Waals surface area contributed by atoms with Gasteiger partial charge < -0.3 is 5.32 Å². The van der Waals surface area contributed by atoms with E-state index in [1.54, 1.807) is 0 Å². The van der Waals surface area contributed by atoms with E-state index >= 15 is 0 Å². The van der Waals surface area contributed by atoms with Crippen molar-refractivity contribution in [3.8, 4) is 0 Å². The molecule has 0 fully saturated rings. The van der Waals surface area contributed by atoms with Crippen molar-refractivity contribution in [3.63, 3.8) is 0 Å². The number of aryl methyl sites for hydroxylation is 1. The van der Waals surface area contributed by atoms with Gasteiger partial charge in [-0.15, -0.1) is 11.3 Å². The molecule has 1 aromatic carbocycles. The van der Waals surface area contributed by atoms with Gasteiger partial charge in [0.2, 0.25) is 0 Å². The van der Waals surface area contributed by atoms with Gasteiger partial charge in [0.15, 0.2) is 0 Å². The van der Waals surface area contributed by atoms with Crippen molar-refractivity contribution in [1.82, 2.24) is 0 Å². The maximum Gasteiger partial charge on any atom is 0.0494 e. The maximum absolute atomic E-state index is 5.83. The van der Waals surface area contributed by atoms with E-state index in [1.807, 2.05) is 35.6 Å². The highest BCUT2D eigenvalue weighted by atomic mass is 35.5. The van der Waals surface area contributed by atoms with Crippen LogP contribution in [0.1, 0.15) is 16.7 Å². The highest BCUT2D eigenvalue weighted by molar-refractivity contribution is 7.12. The summed E-state index contributed by atoms with van der Waals surface area (Å²) in [6.45, 7) is 3.06. The summed E-state index contributed by atoms with van der Waals surface area (Å²) in [5.41, 5.74) is 1.11. The molecule has 2 aromatic rings. The third kappa shape index (κ3) is 3.00. The standard InChI is InChI=1S/C13H14ClNS/c1-2-12-7-8-13(16-12)9-15-11-5-3-10(14)4-6-11/h3-8,15H,2,9H2,1H3. The lowest BCUT2D eigenvalue weighted by atomic mass is 10.3. The third-order valence-corrected chi connectivity index (χ3v) is 3.86. The van der Waals surface area contributed by atoms with Crippen LogP contribution in [0, 0.1) is 0 Å². The second kappa shape index (κ2) is 5.37. The van der Waals surface area contributed by atoms with Gasteiger partial charge in [-0.2, -0.15) is 0 Å². The van der Waals surface area contributed by atoms with Gasteiger partial charge in [-0.1, -0.05) is 18.5 Å². The highest BCUT2D eigenvalue weighted by Gasteiger charge is 1.98. The van der Waals surface area contributed by atoms with Gasteiger partial charge in [0.1, 0.15) is 0 Å². The van der Waals surface area contributed by atoms with Crippen LogP contribution in [0.25, 0.3) is 0 Å². The molecule has 0 amide bonds. The summed E-state index contributed by atoms with van der Waals surface area (Å²) < 4.78 is 0. The van der Waals surface area contributed by atoms with E-state index in [2.05, 4.69) is 24.4 Å². The second-order valence-electron chi connectivity index (χ2n) is 3.58. The number of anilines is 1. The first-order chi connectivity index (χ1) is 7.78. The molecule has 1 N–H and O–H groups in total. The number of hydrogen-bond acceptors (Lipinski definition) is 2. The van der Waals surface area contributed by atoms with Crippen LogP contribution < -0.4 is 5.32 Å². The number of hydrogen-bond donors (Lipinski definition) is 1. The van der Waals surface area contributed by atoms with Gasteiger partial charge >= 0.3 is 0 Å². The Hall–Kier alpha value is -0.990. The maximum atomic E-state index is 5.83. The number of rotatable bonds is 4. The highest BCUT2D eigenvalue weighted by Crippen LogP contribution is 2.19. The molecule has 0 saturated heterocycles. The van der Waals surface area contributed by atoms with Crippen LogP contribution in [0.15, 0.2) is 36.4 Å². The number of nitrogens with one attached hydrogen (secondary N) is 1. The summed E-state index contributed by atoms with van der Waals surface area (Å²) >= 11 is 7.69. The minimum Gasteiger partial charge on any atom is -0.380 e. The third-order valence-electron chi connectivity index (χ3n) is 2.38. The van der Waals surface area contributed by atoms with E-state index in [-0.39, 0.29) is 0 Å². The summed E-state index contributed by atoms with van der Waals surface area (Å²) in [7, 11) is 0. The Labute approximate surface area is 105 Å². The van der Waals surface area contributed by atoms with E-state index in [4.69, 9.17) is 11.6 Å². The molecule has 2 rings (SSSR count). The minimum absolute atomic E-state index is 0.773. The van der Waals surface area contributed by atoms with E-state index in [1.165, 1.54) is 9.75 Å². The summed E-state index contributed by atoms with van der Waals surface area (Å²) in [6, 6.07) is 12.2. The topological polar surface area (TPSA) is 12.0 Å². The van der Waals surface area contributed by atoms with Crippen LogP contribution >= 0.6 is 22.9 Å². The van der Waals surface area contributed by atoms with Crippen molar-refractivity contribution in [2.75, 3.05) is 5.32 Å². The largest absolute Gasteiger partial charge is 0.380 e. The number of benzene rings is 1. The fraction of sp³-hybridized carbons (Fsp3) is 0.231. The Morgan fingerprint density at radius 2 is 1.75 bits per heavy atom. The first-order valence-corrected chi connectivity index (χ1v) is 6.54. The molecule has 0 spiro atoms. The molecule has 0 bridgehead atoms. The molecule has 0 aliphatic rings. The lowest BCUT2D eigenvalue weighted by molar-refractivity contribution is 1.19. The van der Waals surface area contributed by atoms with Crippen LogP contribution in [0.5, 0.6) is 0 Å². The molecule has 0 aliphatic carbocycles. The van der Waals surface area contributed by atoms with Crippen molar-refractivity contribution in [2.45, 2.75) is 19.9 Å². The van der Waals surface area contributed by atoms with Crippen LogP contribution in [0.2, 0.25) is 5.02 Å². The van der Waals surface area contributed by atoms with Crippen LogP contribution in [-0.4, -0.2) is 0 Å². The van der Waals surface area contributed by atoms with Crippen LogP contribution in [0.4, 0.5) is 5.69 Å². The molecular weight excluding hydrogens is 238 g/mol. The normalized spacial score (nSPS) is 10.4. The van der Waals surface area contributed by atoms with Gasteiger partial charge in [-0.05, 0) is 42.8 Å². The Bertz CT molecular complexity index is 447. The molecule has 0 unspecified atom stereocenters. The monoisotopic (exact) mass is 251 g/mol. The molecule has 1 nitrogen and oxygen atoms in total. The van der Waals surface area contributed by atoms with Crippen LogP contribution in [-0.2, 0) is 13.0 Å². The first-order valence-electron chi connectivity index (χ1n) is 5.35. The lowest BCUT2D eigenvalue weighted by Crippen LogP contribution is -1.96. The zero-order valence-electron chi connectivity index (χ0n) is 9.16. The average Bonchev–Trinajstić information content (AvgIpc) is 2.76. The molecule has 84 valence electrons. The molecule has 0 aliphatic heterocycles. The second-order valence-corrected chi connectivity index (χ2v) is 5.27. The first kappa shape index (κ1) is 11.5. The molecule has 0 radical (unpaired) electrons. The Kier molecular flexibility index (Phi) is 3.86. The van der Waals surface area contributed by atoms with E-state index in [9.17, 15) is 0 Å². The number of thiophene rings is 1. The van der Waals surface area contributed by atoms with Crippen molar-refractivity contribution in [3.05, 3.63) is 51.2 Å². The fourth-order valence-corrected chi connectivity index (χ4v) is 2.49. The predicted octanol–water partition coefficient (Wildman–Crippen LogP) is 4.58. The fourth-order valence-electron chi connectivity index (χ4n) is 1.46. The molecule has 16 heavy (non-hydrogen) atoms. The molecule has 1 heterocycles. The van der Waals surface area contributed by atoms with Gasteiger partial charge in [0.05, 0.1) is 0 Å². The molecule has 3 heteroatoms. The quantitative estimate of drug-likeness (QED) is 0.839. The van der Waals surface area contributed by atoms with Gasteiger partial charge in [-0.3, -0.25) is 0 Å². The Morgan fingerprint density at radius 3 is 2.38 bits per heavy atom. The van der Waals surface area contributed by atoms with E-state index in [0.29, 0.717) is 0 Å². The Balaban J connectivity index is 1.94. The van der Waals surface area contributed by atoms with Crippen molar-refractivity contribution in [2.24, 2.45) is 0 Å². The minimum atomic E-state index is 0.773. The molecular formula is C13H14ClNS. The molecule has 0 atom stereocenters. The van der Waals surface area contributed by atoms with Crippen LogP contribution in [0.3, 0.4) is 0 Å². The predicted molar refractivity (Wildman–Crippen MR) is 72.5 cm³/mol. The van der Waals surface area contributed by atoms with Gasteiger partial charge in [0.25, 0.3) is 0 Å². The Morgan fingerprint density at radius 1 is 1.06 bits per heavy atom. The summed E-state index contributed by atoms with van der Waals surface area (Å²) in [6.07, 6.45) is 1.12. The number of halogens is 1. The average molecular weight is 252 g/mol. The van der Waals surface area contributed by atoms with Gasteiger partial charge in [0, 0.05) is 27.0 Å². The SMILES string of the molecule is CCc1ccc(CNc2ccc(Cl)cc2)s1. The van der Waals surface area contributed by atoms with Crippen molar-refractivity contribution in [1.29, 1.82) is 0 Å². The van der Waals surface area contributed by atoms with Crippen molar-refractivity contribution >= 4 is 28.6 Å². The van der Waals surface area contributed by atoms with Crippen molar-refractivity contribution < 1.29 is 0 Å². The smallest absolute Gasteiger partial charge is 0.0494 e. The lowest BCUT2D eigenvalue weighted by Gasteiger charge is -2.04. The summed E-state index contributed by atoms with van der Waals surface area (Å²) in [5.74, 6) is 0. The molecule has 1 aromatic heterocycles. The zero-order chi connectivity index (χ0) is 11.4. The summed E-state index contributed by atoms with van der Waals surface area (Å²) in [4.78, 5) is 2.81.